The predicted molar refractivity (Wildman–Crippen MR) is 113 cm³/mol. The maximum absolute atomic E-state index is 12.8. The molecule has 0 spiro atoms. The number of amides is 3. The van der Waals surface area contributed by atoms with Crippen LogP contribution in [0.25, 0.3) is 0 Å². The van der Waals surface area contributed by atoms with Crippen molar-refractivity contribution in [2.24, 2.45) is 17.4 Å². The van der Waals surface area contributed by atoms with Crippen molar-refractivity contribution in [3.63, 3.8) is 0 Å². The Bertz CT molecular complexity index is 600. The Labute approximate surface area is 182 Å². The van der Waals surface area contributed by atoms with Crippen molar-refractivity contribution in [2.45, 2.75) is 76.7 Å². The summed E-state index contributed by atoms with van der Waals surface area (Å²) >= 11 is 0. The van der Waals surface area contributed by atoms with E-state index in [0.717, 1.165) is 0 Å². The Morgan fingerprint density at radius 1 is 0.903 bits per heavy atom. The number of aliphatic hydroxyl groups is 2. The fraction of sp³-hybridized carbons (Fsp3) is 0.789. The minimum absolute atomic E-state index is 0.00845. The molecule has 0 saturated heterocycles. The number of hydrogen-bond donors (Lipinski definition) is 8. The zero-order chi connectivity index (χ0) is 24.1. The van der Waals surface area contributed by atoms with E-state index < -0.39 is 60.6 Å². The van der Waals surface area contributed by atoms with Crippen LogP contribution in [0.3, 0.4) is 0 Å². The molecule has 0 bridgehead atoms. The number of carboxylic acids is 1. The fourth-order valence-corrected chi connectivity index (χ4v) is 2.73. The highest BCUT2D eigenvalue weighted by Crippen LogP contribution is 2.08. The maximum atomic E-state index is 12.8. The molecule has 0 aromatic carbocycles. The molecule has 0 rings (SSSR count). The SMILES string of the molecule is CC(C)CC(NC(=O)C(N)CCCCN)C(=O)NC(C(=O)NC(CO)C(=O)O)C(C)O. The van der Waals surface area contributed by atoms with Gasteiger partial charge in [0.05, 0.1) is 18.8 Å². The first-order valence-electron chi connectivity index (χ1n) is 10.3. The average Bonchev–Trinajstić information content (AvgIpc) is 2.68. The molecule has 0 aromatic rings. The Hall–Kier alpha value is -2.28. The summed E-state index contributed by atoms with van der Waals surface area (Å²) in [6.07, 6.45) is 0.649. The number of aliphatic hydroxyl groups excluding tert-OH is 2. The second-order valence-corrected chi connectivity index (χ2v) is 7.89. The zero-order valence-corrected chi connectivity index (χ0v) is 18.3. The van der Waals surface area contributed by atoms with E-state index in [1.165, 1.54) is 6.92 Å². The molecule has 5 unspecified atom stereocenters. The van der Waals surface area contributed by atoms with Gasteiger partial charge in [0.25, 0.3) is 0 Å². The second-order valence-electron chi connectivity index (χ2n) is 7.89. The molecule has 0 saturated carbocycles. The smallest absolute Gasteiger partial charge is 0.328 e. The minimum atomic E-state index is -1.59. The number of rotatable bonds is 15. The molecule has 12 nitrogen and oxygen atoms in total. The van der Waals surface area contributed by atoms with E-state index in [-0.39, 0.29) is 12.3 Å². The van der Waals surface area contributed by atoms with E-state index in [4.69, 9.17) is 21.7 Å². The molecule has 3 amide bonds. The highest BCUT2D eigenvalue weighted by molar-refractivity contribution is 5.94. The van der Waals surface area contributed by atoms with E-state index in [2.05, 4.69) is 10.6 Å². The lowest BCUT2D eigenvalue weighted by atomic mass is 10.0. The van der Waals surface area contributed by atoms with E-state index in [1.54, 1.807) is 0 Å². The molecule has 5 atom stereocenters. The van der Waals surface area contributed by atoms with Crippen LogP contribution in [0.4, 0.5) is 0 Å². The van der Waals surface area contributed by atoms with Crippen LogP contribution in [0.2, 0.25) is 0 Å². The fourth-order valence-electron chi connectivity index (χ4n) is 2.73. The van der Waals surface area contributed by atoms with Crippen molar-refractivity contribution in [1.29, 1.82) is 0 Å². The molecule has 0 heterocycles. The largest absolute Gasteiger partial charge is 0.480 e. The highest BCUT2D eigenvalue weighted by Gasteiger charge is 2.32. The zero-order valence-electron chi connectivity index (χ0n) is 18.3. The number of carbonyl (C=O) groups excluding carboxylic acids is 3. The highest BCUT2D eigenvalue weighted by atomic mass is 16.4. The van der Waals surface area contributed by atoms with E-state index in [9.17, 15) is 24.3 Å². The molecular formula is C19H37N5O7. The van der Waals surface area contributed by atoms with Gasteiger partial charge in [-0.25, -0.2) is 4.79 Å². The Morgan fingerprint density at radius 3 is 1.94 bits per heavy atom. The summed E-state index contributed by atoms with van der Waals surface area (Å²) in [5.41, 5.74) is 11.3. The van der Waals surface area contributed by atoms with Crippen molar-refractivity contribution < 1.29 is 34.5 Å². The summed E-state index contributed by atoms with van der Waals surface area (Å²) in [6, 6.07) is -4.94. The van der Waals surface area contributed by atoms with Gasteiger partial charge in [0.1, 0.15) is 18.1 Å². The summed E-state index contributed by atoms with van der Waals surface area (Å²) in [7, 11) is 0. The molecule has 12 heteroatoms. The summed E-state index contributed by atoms with van der Waals surface area (Å²) in [5.74, 6) is -3.71. The Morgan fingerprint density at radius 2 is 1.48 bits per heavy atom. The van der Waals surface area contributed by atoms with Gasteiger partial charge in [0.15, 0.2) is 0 Å². The number of hydrogen-bond acceptors (Lipinski definition) is 8. The Kier molecular flexibility index (Phi) is 13.6. The topological polar surface area (TPSA) is 217 Å². The molecule has 0 aliphatic carbocycles. The van der Waals surface area contributed by atoms with Crippen LogP contribution >= 0.6 is 0 Å². The number of nitrogens with two attached hydrogens (primary N) is 2. The molecule has 0 aliphatic rings. The van der Waals surface area contributed by atoms with Gasteiger partial charge in [0, 0.05) is 0 Å². The van der Waals surface area contributed by atoms with Crippen LogP contribution in [-0.4, -0.2) is 82.4 Å². The van der Waals surface area contributed by atoms with Gasteiger partial charge in [-0.2, -0.15) is 0 Å². The second kappa shape index (κ2) is 14.7. The molecule has 180 valence electrons. The van der Waals surface area contributed by atoms with Crippen LogP contribution in [-0.2, 0) is 19.2 Å². The molecule has 0 fully saturated rings. The minimum Gasteiger partial charge on any atom is -0.480 e. The third-order valence-electron chi connectivity index (χ3n) is 4.51. The predicted octanol–water partition coefficient (Wildman–Crippen LogP) is -2.60. The monoisotopic (exact) mass is 447 g/mol. The third-order valence-corrected chi connectivity index (χ3v) is 4.51. The summed E-state index contributed by atoms with van der Waals surface area (Å²) in [4.78, 5) is 48.5. The number of aliphatic carboxylic acids is 1. The summed E-state index contributed by atoms with van der Waals surface area (Å²) in [5, 5.41) is 34.9. The van der Waals surface area contributed by atoms with Crippen LogP contribution in [0.15, 0.2) is 0 Å². The summed E-state index contributed by atoms with van der Waals surface area (Å²) in [6.45, 7) is 4.53. The van der Waals surface area contributed by atoms with Crippen LogP contribution in [0, 0.1) is 5.92 Å². The molecule has 0 aliphatic heterocycles. The van der Waals surface area contributed by atoms with Gasteiger partial charge in [-0.1, -0.05) is 20.3 Å². The van der Waals surface area contributed by atoms with Crippen LogP contribution in [0.1, 0.15) is 46.5 Å². The number of carboxylic acid groups (broad SMARTS) is 1. The van der Waals surface area contributed by atoms with Crippen molar-refractivity contribution in [1.82, 2.24) is 16.0 Å². The van der Waals surface area contributed by atoms with Crippen molar-refractivity contribution in [2.75, 3.05) is 13.2 Å². The van der Waals surface area contributed by atoms with E-state index in [0.29, 0.717) is 25.8 Å². The molecule has 31 heavy (non-hydrogen) atoms. The molecule has 0 aromatic heterocycles. The number of carbonyl (C=O) groups is 4. The van der Waals surface area contributed by atoms with Crippen molar-refractivity contribution >= 4 is 23.7 Å². The molecular weight excluding hydrogens is 410 g/mol. The third kappa shape index (κ3) is 11.1. The van der Waals surface area contributed by atoms with Gasteiger partial charge in [-0.15, -0.1) is 0 Å². The molecule has 10 N–H and O–H groups in total. The van der Waals surface area contributed by atoms with Crippen molar-refractivity contribution in [3.8, 4) is 0 Å². The summed E-state index contributed by atoms with van der Waals surface area (Å²) < 4.78 is 0. The lowest BCUT2D eigenvalue weighted by Gasteiger charge is -2.27. The first-order chi connectivity index (χ1) is 14.4. The quantitative estimate of drug-likeness (QED) is 0.123. The lowest BCUT2D eigenvalue weighted by Crippen LogP contribution is -2.60. The van der Waals surface area contributed by atoms with Gasteiger partial charge in [0.2, 0.25) is 17.7 Å². The first-order valence-corrected chi connectivity index (χ1v) is 10.3. The number of unbranched alkanes of at least 4 members (excludes halogenated alkanes) is 1. The Balaban J connectivity index is 5.25. The van der Waals surface area contributed by atoms with Gasteiger partial charge in [-0.3, -0.25) is 14.4 Å². The van der Waals surface area contributed by atoms with Gasteiger partial charge < -0.3 is 42.7 Å². The van der Waals surface area contributed by atoms with Crippen molar-refractivity contribution in [3.05, 3.63) is 0 Å². The average molecular weight is 448 g/mol. The number of nitrogens with one attached hydrogen (secondary N) is 3. The normalized spacial score (nSPS) is 16.0. The maximum Gasteiger partial charge on any atom is 0.328 e. The first kappa shape index (κ1) is 28.7. The molecule has 0 radical (unpaired) electrons. The van der Waals surface area contributed by atoms with E-state index in [1.807, 2.05) is 19.2 Å². The lowest BCUT2D eigenvalue weighted by molar-refractivity contribution is -0.144. The van der Waals surface area contributed by atoms with Gasteiger partial charge in [-0.05, 0) is 38.6 Å². The van der Waals surface area contributed by atoms with Crippen LogP contribution in [0.5, 0.6) is 0 Å². The van der Waals surface area contributed by atoms with Crippen LogP contribution < -0.4 is 27.4 Å². The standard InChI is InChI=1S/C19H37N5O7/c1-10(2)8-13(22-16(27)12(21)6-4-5-7-20)17(28)24-15(11(3)26)18(29)23-14(9-25)19(30)31/h10-15,25-26H,4-9,20-21H2,1-3H3,(H,22,27)(H,23,29)(H,24,28)(H,30,31). The van der Waals surface area contributed by atoms with E-state index >= 15 is 0 Å². The van der Waals surface area contributed by atoms with Gasteiger partial charge >= 0.3 is 5.97 Å².